The predicted octanol–water partition coefficient (Wildman–Crippen LogP) is 2.76. The van der Waals surface area contributed by atoms with Crippen molar-refractivity contribution in [3.8, 4) is 11.4 Å². The van der Waals surface area contributed by atoms with E-state index in [1.54, 1.807) is 6.20 Å². The van der Waals surface area contributed by atoms with E-state index in [0.29, 0.717) is 17.8 Å². The highest BCUT2D eigenvalue weighted by Crippen LogP contribution is 2.21. The van der Waals surface area contributed by atoms with Crippen molar-refractivity contribution in [3.05, 3.63) is 24.0 Å². The standard InChI is InChI=1S/C13H18N4O/c1-4-10-8-14-6-5-11(10)12-16-13(18-17-12)15-7-9(2)3/h5-6,8-9H,4,7H2,1-3H3,(H,15,16,17). The summed E-state index contributed by atoms with van der Waals surface area (Å²) in [5.74, 6) is 1.15. The quantitative estimate of drug-likeness (QED) is 0.878. The Labute approximate surface area is 107 Å². The lowest BCUT2D eigenvalue weighted by molar-refractivity contribution is 0.429. The first-order valence-corrected chi connectivity index (χ1v) is 6.21. The summed E-state index contributed by atoms with van der Waals surface area (Å²) in [5, 5.41) is 7.11. The first kappa shape index (κ1) is 12.5. The van der Waals surface area contributed by atoms with Crippen LogP contribution in [0.3, 0.4) is 0 Å². The van der Waals surface area contributed by atoms with Gasteiger partial charge in [-0.2, -0.15) is 4.98 Å². The largest absolute Gasteiger partial charge is 0.337 e. The normalized spacial score (nSPS) is 10.9. The van der Waals surface area contributed by atoms with Crippen LogP contribution in [-0.4, -0.2) is 21.7 Å². The number of nitrogens with zero attached hydrogens (tertiary/aromatic N) is 3. The topological polar surface area (TPSA) is 63.8 Å². The van der Waals surface area contributed by atoms with Crippen LogP contribution in [0.4, 0.5) is 6.01 Å². The van der Waals surface area contributed by atoms with Crippen LogP contribution in [0.25, 0.3) is 11.4 Å². The van der Waals surface area contributed by atoms with Crippen LogP contribution in [0.15, 0.2) is 23.0 Å². The zero-order chi connectivity index (χ0) is 13.0. The summed E-state index contributed by atoms with van der Waals surface area (Å²) in [4.78, 5) is 8.45. The fraction of sp³-hybridized carbons (Fsp3) is 0.462. The highest BCUT2D eigenvalue weighted by Gasteiger charge is 2.11. The molecule has 0 amide bonds. The number of hydrogen-bond acceptors (Lipinski definition) is 5. The summed E-state index contributed by atoms with van der Waals surface area (Å²) >= 11 is 0. The second-order valence-corrected chi connectivity index (χ2v) is 4.58. The monoisotopic (exact) mass is 246 g/mol. The molecule has 0 saturated heterocycles. The van der Waals surface area contributed by atoms with Crippen molar-refractivity contribution >= 4 is 6.01 Å². The van der Waals surface area contributed by atoms with Crippen molar-refractivity contribution in [2.45, 2.75) is 27.2 Å². The number of nitrogens with one attached hydrogen (secondary N) is 1. The fourth-order valence-electron chi connectivity index (χ4n) is 1.62. The summed E-state index contributed by atoms with van der Waals surface area (Å²) in [5.41, 5.74) is 2.10. The number of anilines is 1. The average molecular weight is 246 g/mol. The average Bonchev–Trinajstić information content (AvgIpc) is 2.85. The van der Waals surface area contributed by atoms with Crippen molar-refractivity contribution in [1.82, 2.24) is 15.1 Å². The summed E-state index contributed by atoms with van der Waals surface area (Å²) in [6.45, 7) is 7.15. The molecule has 2 aromatic heterocycles. The van der Waals surface area contributed by atoms with Crippen molar-refractivity contribution in [3.63, 3.8) is 0 Å². The smallest absolute Gasteiger partial charge is 0.321 e. The van der Waals surface area contributed by atoms with Crippen LogP contribution in [0.2, 0.25) is 0 Å². The second-order valence-electron chi connectivity index (χ2n) is 4.58. The Bertz CT molecular complexity index is 507. The van der Waals surface area contributed by atoms with E-state index in [1.807, 2.05) is 12.3 Å². The summed E-state index contributed by atoms with van der Waals surface area (Å²) in [6, 6.07) is 2.38. The lowest BCUT2D eigenvalue weighted by atomic mass is 10.1. The Balaban J connectivity index is 2.18. The van der Waals surface area contributed by atoms with Crippen molar-refractivity contribution < 1.29 is 4.52 Å². The number of aryl methyl sites for hydroxylation is 1. The van der Waals surface area contributed by atoms with Gasteiger partial charge in [-0.1, -0.05) is 25.9 Å². The third-order valence-corrected chi connectivity index (χ3v) is 2.61. The minimum atomic E-state index is 0.470. The highest BCUT2D eigenvalue weighted by molar-refractivity contribution is 5.59. The van der Waals surface area contributed by atoms with Gasteiger partial charge < -0.3 is 9.84 Å². The van der Waals surface area contributed by atoms with Gasteiger partial charge in [-0.3, -0.25) is 4.98 Å². The molecule has 0 spiro atoms. The maximum Gasteiger partial charge on any atom is 0.321 e. The van der Waals surface area contributed by atoms with Crippen LogP contribution >= 0.6 is 0 Å². The molecule has 2 heterocycles. The molecule has 5 heteroatoms. The van der Waals surface area contributed by atoms with E-state index in [9.17, 15) is 0 Å². The first-order valence-electron chi connectivity index (χ1n) is 6.21. The number of aromatic nitrogens is 3. The molecule has 18 heavy (non-hydrogen) atoms. The minimum absolute atomic E-state index is 0.470. The van der Waals surface area contributed by atoms with Gasteiger partial charge in [-0.15, -0.1) is 0 Å². The molecular formula is C13H18N4O. The molecule has 0 aliphatic rings. The molecule has 0 aliphatic heterocycles. The van der Waals surface area contributed by atoms with Crippen molar-refractivity contribution in [2.75, 3.05) is 11.9 Å². The first-order chi connectivity index (χ1) is 8.70. The molecule has 2 rings (SSSR count). The van der Waals surface area contributed by atoms with E-state index in [-0.39, 0.29) is 0 Å². The van der Waals surface area contributed by atoms with Gasteiger partial charge in [-0.25, -0.2) is 0 Å². The van der Waals surface area contributed by atoms with E-state index in [1.165, 1.54) is 0 Å². The van der Waals surface area contributed by atoms with E-state index in [2.05, 4.69) is 41.2 Å². The Kier molecular flexibility index (Phi) is 3.92. The molecule has 0 unspecified atom stereocenters. The minimum Gasteiger partial charge on any atom is -0.337 e. The van der Waals surface area contributed by atoms with Crippen LogP contribution < -0.4 is 5.32 Å². The van der Waals surface area contributed by atoms with E-state index >= 15 is 0 Å². The molecule has 0 bridgehead atoms. The molecule has 2 aromatic rings. The molecule has 1 N–H and O–H groups in total. The maximum absolute atomic E-state index is 5.18. The van der Waals surface area contributed by atoms with Gasteiger partial charge in [0.25, 0.3) is 0 Å². The number of rotatable bonds is 5. The van der Waals surface area contributed by atoms with Gasteiger partial charge in [0.1, 0.15) is 0 Å². The van der Waals surface area contributed by atoms with Crippen LogP contribution in [-0.2, 0) is 6.42 Å². The van der Waals surface area contributed by atoms with Crippen LogP contribution in [0.5, 0.6) is 0 Å². The molecule has 0 saturated carbocycles. The lowest BCUT2D eigenvalue weighted by Crippen LogP contribution is -2.07. The maximum atomic E-state index is 5.18. The van der Waals surface area contributed by atoms with Gasteiger partial charge in [0.15, 0.2) is 0 Å². The zero-order valence-electron chi connectivity index (χ0n) is 11.0. The number of pyridine rings is 1. The molecule has 0 aliphatic carbocycles. The molecular weight excluding hydrogens is 228 g/mol. The number of hydrogen-bond donors (Lipinski definition) is 1. The molecule has 0 radical (unpaired) electrons. The van der Waals surface area contributed by atoms with Gasteiger partial charge in [0, 0.05) is 24.5 Å². The Hall–Kier alpha value is -1.91. The van der Waals surface area contributed by atoms with Crippen LogP contribution in [0.1, 0.15) is 26.3 Å². The Morgan fingerprint density at radius 1 is 1.39 bits per heavy atom. The third kappa shape index (κ3) is 2.85. The SMILES string of the molecule is CCc1cnccc1-c1noc(NCC(C)C)n1. The molecule has 0 aromatic carbocycles. The van der Waals surface area contributed by atoms with Crippen LogP contribution in [0, 0.1) is 5.92 Å². The summed E-state index contributed by atoms with van der Waals surface area (Å²) in [6.07, 6.45) is 4.48. The molecule has 5 nitrogen and oxygen atoms in total. The highest BCUT2D eigenvalue weighted by atomic mass is 16.5. The molecule has 96 valence electrons. The van der Waals surface area contributed by atoms with Gasteiger partial charge in [0.05, 0.1) is 0 Å². The summed E-state index contributed by atoms with van der Waals surface area (Å²) < 4.78 is 5.18. The van der Waals surface area contributed by atoms with E-state index < -0.39 is 0 Å². The molecule has 0 atom stereocenters. The zero-order valence-corrected chi connectivity index (χ0v) is 11.0. The lowest BCUT2D eigenvalue weighted by Gasteiger charge is -2.03. The Morgan fingerprint density at radius 3 is 2.94 bits per heavy atom. The van der Waals surface area contributed by atoms with Gasteiger partial charge in [-0.05, 0) is 24.0 Å². The molecule has 0 fully saturated rings. The van der Waals surface area contributed by atoms with E-state index in [0.717, 1.165) is 24.1 Å². The van der Waals surface area contributed by atoms with Crippen molar-refractivity contribution in [2.24, 2.45) is 5.92 Å². The fourth-order valence-corrected chi connectivity index (χ4v) is 1.62. The predicted molar refractivity (Wildman–Crippen MR) is 70.2 cm³/mol. The third-order valence-electron chi connectivity index (χ3n) is 2.61. The van der Waals surface area contributed by atoms with Crippen molar-refractivity contribution in [1.29, 1.82) is 0 Å². The van der Waals surface area contributed by atoms with E-state index in [4.69, 9.17) is 4.52 Å². The van der Waals surface area contributed by atoms with Gasteiger partial charge in [0.2, 0.25) is 5.82 Å². The van der Waals surface area contributed by atoms with Gasteiger partial charge >= 0.3 is 6.01 Å². The second kappa shape index (κ2) is 5.62. The summed E-state index contributed by atoms with van der Waals surface area (Å²) in [7, 11) is 0. The Morgan fingerprint density at radius 2 is 2.22 bits per heavy atom.